The molecule has 2 aromatic rings. The summed E-state index contributed by atoms with van der Waals surface area (Å²) in [6.45, 7) is 7.68. The molecule has 2 rings (SSSR count). The second kappa shape index (κ2) is 6.79. The van der Waals surface area contributed by atoms with Crippen LogP contribution in [0.4, 0.5) is 11.5 Å². The Balaban J connectivity index is 2.05. The van der Waals surface area contributed by atoms with Crippen LogP contribution in [0.25, 0.3) is 0 Å². The zero-order valence-electron chi connectivity index (χ0n) is 13.2. The van der Waals surface area contributed by atoms with Crippen LogP contribution >= 0.6 is 11.8 Å². The van der Waals surface area contributed by atoms with Crippen molar-refractivity contribution in [2.75, 3.05) is 11.1 Å². The van der Waals surface area contributed by atoms with Crippen LogP contribution in [0, 0.1) is 20.8 Å². The third-order valence-corrected chi connectivity index (χ3v) is 4.11. The van der Waals surface area contributed by atoms with Gasteiger partial charge in [0.2, 0.25) is 5.91 Å². The van der Waals surface area contributed by atoms with Gasteiger partial charge >= 0.3 is 0 Å². The fourth-order valence-electron chi connectivity index (χ4n) is 2.02. The molecule has 22 heavy (non-hydrogen) atoms. The minimum atomic E-state index is -0.318. The largest absolute Gasteiger partial charge is 0.384 e. The van der Waals surface area contributed by atoms with Crippen molar-refractivity contribution in [3.8, 4) is 0 Å². The highest BCUT2D eigenvalue weighted by atomic mass is 32.2. The van der Waals surface area contributed by atoms with Gasteiger partial charge < -0.3 is 11.1 Å². The number of nitrogens with one attached hydrogen (secondary N) is 1. The first-order valence-electron chi connectivity index (χ1n) is 7.01. The average molecular weight is 316 g/mol. The molecule has 0 saturated carbocycles. The number of thioether (sulfide) groups is 1. The third-order valence-electron chi connectivity index (χ3n) is 3.14. The molecule has 1 aromatic heterocycles. The summed E-state index contributed by atoms with van der Waals surface area (Å²) in [5.41, 5.74) is 9.53. The Morgan fingerprint density at radius 1 is 1.23 bits per heavy atom. The van der Waals surface area contributed by atoms with Crippen LogP contribution in [0.5, 0.6) is 0 Å². The molecule has 1 heterocycles. The van der Waals surface area contributed by atoms with Crippen molar-refractivity contribution in [1.29, 1.82) is 0 Å². The first-order valence-corrected chi connectivity index (χ1v) is 7.89. The van der Waals surface area contributed by atoms with Gasteiger partial charge in [-0.2, -0.15) is 0 Å². The summed E-state index contributed by atoms with van der Waals surface area (Å²) in [5, 5.41) is 3.14. The Bertz CT molecular complexity index is 682. The van der Waals surface area contributed by atoms with Crippen molar-refractivity contribution >= 4 is 29.2 Å². The van der Waals surface area contributed by atoms with E-state index in [0.717, 1.165) is 16.9 Å². The summed E-state index contributed by atoms with van der Waals surface area (Å²) in [6.07, 6.45) is 0. The summed E-state index contributed by atoms with van der Waals surface area (Å²) < 4.78 is 0. The van der Waals surface area contributed by atoms with Gasteiger partial charge in [0.05, 0.1) is 5.25 Å². The molecule has 5 nitrogen and oxygen atoms in total. The SMILES string of the molecule is Cc1ccc(NC(=O)[C@H](C)Sc2nc(C)cc(N)n2)c(C)c1. The maximum absolute atomic E-state index is 12.3. The zero-order valence-corrected chi connectivity index (χ0v) is 14.0. The van der Waals surface area contributed by atoms with E-state index in [2.05, 4.69) is 15.3 Å². The minimum Gasteiger partial charge on any atom is -0.384 e. The standard InChI is InChI=1S/C16H20N4OS/c1-9-5-6-13(10(2)7-9)19-15(21)12(4)22-16-18-11(3)8-14(17)20-16/h5-8,12H,1-4H3,(H,19,21)(H2,17,18,20)/t12-/m0/s1. The van der Waals surface area contributed by atoms with Gasteiger partial charge in [0, 0.05) is 17.4 Å². The van der Waals surface area contributed by atoms with E-state index in [9.17, 15) is 4.79 Å². The summed E-state index contributed by atoms with van der Waals surface area (Å²) in [6, 6.07) is 7.63. The molecule has 6 heteroatoms. The van der Waals surface area contributed by atoms with Crippen molar-refractivity contribution in [1.82, 2.24) is 9.97 Å². The van der Waals surface area contributed by atoms with E-state index in [4.69, 9.17) is 5.73 Å². The van der Waals surface area contributed by atoms with Crippen LogP contribution in [0.2, 0.25) is 0 Å². The molecule has 116 valence electrons. The summed E-state index contributed by atoms with van der Waals surface area (Å²) >= 11 is 1.29. The maximum Gasteiger partial charge on any atom is 0.237 e. The van der Waals surface area contributed by atoms with Crippen LogP contribution in [0.3, 0.4) is 0 Å². The van der Waals surface area contributed by atoms with E-state index in [-0.39, 0.29) is 11.2 Å². The molecule has 0 radical (unpaired) electrons. The molecule has 1 atom stereocenters. The van der Waals surface area contributed by atoms with Crippen molar-refractivity contribution in [3.05, 3.63) is 41.1 Å². The lowest BCUT2D eigenvalue weighted by Gasteiger charge is -2.13. The average Bonchev–Trinajstić information content (AvgIpc) is 2.40. The highest BCUT2D eigenvalue weighted by Gasteiger charge is 2.17. The molecule has 0 aliphatic heterocycles. The van der Waals surface area contributed by atoms with Gasteiger partial charge in [0.25, 0.3) is 0 Å². The lowest BCUT2D eigenvalue weighted by Crippen LogP contribution is -2.23. The Kier molecular flexibility index (Phi) is 5.03. The van der Waals surface area contributed by atoms with Gasteiger partial charge in [-0.3, -0.25) is 4.79 Å². The van der Waals surface area contributed by atoms with Crippen LogP contribution in [-0.2, 0) is 4.79 Å². The Hall–Kier alpha value is -2.08. The lowest BCUT2D eigenvalue weighted by atomic mass is 10.1. The quantitative estimate of drug-likeness (QED) is 0.669. The highest BCUT2D eigenvalue weighted by Crippen LogP contribution is 2.23. The van der Waals surface area contributed by atoms with Gasteiger partial charge in [-0.1, -0.05) is 29.5 Å². The smallest absolute Gasteiger partial charge is 0.237 e. The Morgan fingerprint density at radius 3 is 2.59 bits per heavy atom. The third kappa shape index (κ3) is 4.21. The highest BCUT2D eigenvalue weighted by molar-refractivity contribution is 8.00. The predicted octanol–water partition coefficient (Wildman–Crippen LogP) is 3.10. The topological polar surface area (TPSA) is 80.9 Å². The number of rotatable bonds is 4. The number of amides is 1. The van der Waals surface area contributed by atoms with Gasteiger partial charge in [0.1, 0.15) is 5.82 Å². The van der Waals surface area contributed by atoms with Gasteiger partial charge in [0.15, 0.2) is 5.16 Å². The molecule has 1 aromatic carbocycles. The number of anilines is 2. The number of carbonyl (C=O) groups is 1. The molecule has 3 N–H and O–H groups in total. The van der Waals surface area contributed by atoms with Crippen LogP contribution < -0.4 is 11.1 Å². The number of aryl methyl sites for hydroxylation is 3. The van der Waals surface area contributed by atoms with E-state index in [1.807, 2.05) is 45.9 Å². The van der Waals surface area contributed by atoms with E-state index in [0.29, 0.717) is 11.0 Å². The van der Waals surface area contributed by atoms with Crippen molar-refractivity contribution in [2.45, 2.75) is 38.1 Å². The first-order chi connectivity index (χ1) is 10.3. The van der Waals surface area contributed by atoms with Gasteiger partial charge in [-0.25, -0.2) is 9.97 Å². The fraction of sp³-hybridized carbons (Fsp3) is 0.312. The predicted molar refractivity (Wildman–Crippen MR) is 91.0 cm³/mol. The molecule has 0 unspecified atom stereocenters. The monoisotopic (exact) mass is 316 g/mol. The second-order valence-corrected chi connectivity index (χ2v) is 6.59. The molecule has 0 bridgehead atoms. The zero-order chi connectivity index (χ0) is 16.3. The second-order valence-electron chi connectivity index (χ2n) is 5.28. The normalized spacial score (nSPS) is 12.0. The van der Waals surface area contributed by atoms with E-state index < -0.39 is 0 Å². The summed E-state index contributed by atoms with van der Waals surface area (Å²) in [5.74, 6) is 0.331. The number of hydrogen-bond donors (Lipinski definition) is 2. The molecule has 0 saturated heterocycles. The summed E-state index contributed by atoms with van der Waals surface area (Å²) in [4.78, 5) is 20.7. The molecular weight excluding hydrogens is 296 g/mol. The van der Waals surface area contributed by atoms with Crippen molar-refractivity contribution < 1.29 is 4.79 Å². The molecule has 1 amide bonds. The fourth-order valence-corrected chi connectivity index (χ4v) is 2.85. The maximum atomic E-state index is 12.3. The van der Waals surface area contributed by atoms with Crippen molar-refractivity contribution in [3.63, 3.8) is 0 Å². The number of aromatic nitrogens is 2. The van der Waals surface area contributed by atoms with Crippen LogP contribution in [-0.4, -0.2) is 21.1 Å². The Morgan fingerprint density at radius 2 is 1.95 bits per heavy atom. The lowest BCUT2D eigenvalue weighted by molar-refractivity contribution is -0.115. The van der Waals surface area contributed by atoms with Gasteiger partial charge in [-0.15, -0.1) is 0 Å². The number of nitrogens with two attached hydrogens (primary N) is 1. The molecular formula is C16H20N4OS. The Labute approximate surface area is 134 Å². The van der Waals surface area contributed by atoms with Crippen LogP contribution in [0.15, 0.2) is 29.4 Å². The van der Waals surface area contributed by atoms with Gasteiger partial charge in [-0.05, 0) is 39.3 Å². The van der Waals surface area contributed by atoms with E-state index in [1.165, 1.54) is 17.3 Å². The summed E-state index contributed by atoms with van der Waals surface area (Å²) in [7, 11) is 0. The number of nitrogen functional groups attached to an aromatic ring is 1. The van der Waals surface area contributed by atoms with E-state index >= 15 is 0 Å². The van der Waals surface area contributed by atoms with Crippen molar-refractivity contribution in [2.24, 2.45) is 0 Å². The number of benzene rings is 1. The number of hydrogen-bond acceptors (Lipinski definition) is 5. The van der Waals surface area contributed by atoms with Crippen LogP contribution in [0.1, 0.15) is 23.7 Å². The molecule has 0 spiro atoms. The van der Waals surface area contributed by atoms with E-state index in [1.54, 1.807) is 6.07 Å². The molecule has 0 aliphatic carbocycles. The molecule has 0 aliphatic rings. The minimum absolute atomic E-state index is 0.0827. The first kappa shape index (κ1) is 16.3. The molecule has 0 fully saturated rings. The number of nitrogens with zero attached hydrogens (tertiary/aromatic N) is 2. The number of carbonyl (C=O) groups excluding carboxylic acids is 1.